The molecule has 1 unspecified atom stereocenters. The summed E-state index contributed by atoms with van der Waals surface area (Å²) in [4.78, 5) is 25.9. The summed E-state index contributed by atoms with van der Waals surface area (Å²) in [6.07, 6.45) is 0.848. The zero-order valence-electron chi connectivity index (χ0n) is 11.6. The third-order valence-corrected chi connectivity index (χ3v) is 3.29. The van der Waals surface area contributed by atoms with Crippen LogP contribution in [0.1, 0.15) is 13.3 Å². The lowest BCUT2D eigenvalue weighted by molar-refractivity contribution is -0.141. The number of morpholine rings is 1. The van der Waals surface area contributed by atoms with E-state index in [1.807, 2.05) is 0 Å². The lowest BCUT2D eigenvalue weighted by atomic mass is 10.3. The highest BCUT2D eigenvalue weighted by Gasteiger charge is 2.21. The van der Waals surface area contributed by atoms with Crippen molar-refractivity contribution in [3.8, 4) is 0 Å². The quantitative estimate of drug-likeness (QED) is 0.656. The average Bonchev–Trinajstić information content (AvgIpc) is 2.42. The lowest BCUT2D eigenvalue weighted by Gasteiger charge is -2.26. The summed E-state index contributed by atoms with van der Waals surface area (Å²) in [6.45, 7) is 6.36. The Labute approximate surface area is 113 Å². The Bertz CT molecular complexity index is 305. The second-order valence-corrected chi connectivity index (χ2v) is 4.66. The van der Waals surface area contributed by atoms with Gasteiger partial charge in [0.2, 0.25) is 0 Å². The number of rotatable bonds is 6. The van der Waals surface area contributed by atoms with Crippen LogP contribution in [0.5, 0.6) is 0 Å². The lowest BCUT2D eigenvalue weighted by Crippen LogP contribution is -2.46. The van der Waals surface area contributed by atoms with Crippen molar-refractivity contribution >= 4 is 12.0 Å². The molecule has 0 aromatic carbocycles. The monoisotopic (exact) mass is 273 g/mol. The first-order valence-electron chi connectivity index (χ1n) is 6.56. The number of urea groups is 1. The molecule has 2 amide bonds. The molecule has 1 atom stereocenters. The van der Waals surface area contributed by atoms with Gasteiger partial charge in [0.1, 0.15) is 6.04 Å². The second kappa shape index (κ2) is 7.96. The molecule has 0 spiro atoms. The Morgan fingerprint density at radius 3 is 2.63 bits per heavy atom. The summed E-state index contributed by atoms with van der Waals surface area (Å²) in [7, 11) is 1.48. The van der Waals surface area contributed by atoms with Gasteiger partial charge in [-0.2, -0.15) is 0 Å². The van der Waals surface area contributed by atoms with Gasteiger partial charge in [-0.1, -0.05) is 0 Å². The SMILES string of the molecule is CC(C(=O)O)N(C)C(=O)NCCCN1CCOCC1. The van der Waals surface area contributed by atoms with Gasteiger partial charge in [-0.05, 0) is 19.9 Å². The minimum atomic E-state index is -1.01. The van der Waals surface area contributed by atoms with Crippen LogP contribution in [0.3, 0.4) is 0 Å². The first kappa shape index (κ1) is 15.7. The molecule has 1 aliphatic heterocycles. The number of carbonyl (C=O) groups is 2. The molecule has 1 aliphatic rings. The molecular weight excluding hydrogens is 250 g/mol. The van der Waals surface area contributed by atoms with Crippen LogP contribution >= 0.6 is 0 Å². The van der Waals surface area contributed by atoms with Gasteiger partial charge in [-0.25, -0.2) is 9.59 Å². The fourth-order valence-corrected chi connectivity index (χ4v) is 1.79. The number of ether oxygens (including phenoxy) is 1. The molecule has 110 valence electrons. The van der Waals surface area contributed by atoms with Crippen molar-refractivity contribution < 1.29 is 19.4 Å². The molecular formula is C12H23N3O4. The summed E-state index contributed by atoms with van der Waals surface area (Å²) in [6, 6.07) is -1.17. The van der Waals surface area contributed by atoms with E-state index in [1.54, 1.807) is 0 Å². The Kier molecular flexibility index (Phi) is 6.58. The smallest absolute Gasteiger partial charge is 0.326 e. The van der Waals surface area contributed by atoms with E-state index in [2.05, 4.69) is 10.2 Å². The third-order valence-electron chi connectivity index (χ3n) is 3.29. The Morgan fingerprint density at radius 1 is 1.42 bits per heavy atom. The predicted octanol–water partition coefficient (Wildman–Crippen LogP) is -0.177. The van der Waals surface area contributed by atoms with E-state index in [4.69, 9.17) is 9.84 Å². The van der Waals surface area contributed by atoms with Gasteiger partial charge in [0.15, 0.2) is 0 Å². The summed E-state index contributed by atoms with van der Waals surface area (Å²) < 4.78 is 5.25. The Balaban J connectivity index is 2.14. The number of likely N-dealkylation sites (N-methyl/N-ethyl adjacent to an activating group) is 1. The molecule has 1 fully saturated rings. The van der Waals surface area contributed by atoms with E-state index in [9.17, 15) is 9.59 Å². The number of nitrogens with one attached hydrogen (secondary N) is 1. The van der Waals surface area contributed by atoms with Gasteiger partial charge in [0.25, 0.3) is 0 Å². The highest BCUT2D eigenvalue weighted by Crippen LogP contribution is 1.98. The van der Waals surface area contributed by atoms with Gasteiger partial charge in [-0.15, -0.1) is 0 Å². The molecule has 0 aromatic heterocycles. The molecule has 2 N–H and O–H groups in total. The van der Waals surface area contributed by atoms with Crippen LogP contribution in [0.4, 0.5) is 4.79 Å². The molecule has 7 nitrogen and oxygen atoms in total. The summed E-state index contributed by atoms with van der Waals surface area (Å²) in [5, 5.41) is 11.5. The summed E-state index contributed by atoms with van der Waals surface area (Å²) in [5.74, 6) is -1.01. The van der Waals surface area contributed by atoms with Gasteiger partial charge < -0.3 is 20.1 Å². The number of carboxylic acids is 1. The van der Waals surface area contributed by atoms with Crippen LogP contribution in [0.25, 0.3) is 0 Å². The number of hydrogen-bond acceptors (Lipinski definition) is 4. The maximum Gasteiger partial charge on any atom is 0.326 e. The van der Waals surface area contributed by atoms with E-state index in [0.717, 1.165) is 39.3 Å². The zero-order chi connectivity index (χ0) is 14.3. The van der Waals surface area contributed by atoms with Crippen molar-refractivity contribution in [1.82, 2.24) is 15.1 Å². The minimum Gasteiger partial charge on any atom is -0.480 e. The molecule has 0 aromatic rings. The Hall–Kier alpha value is -1.34. The molecule has 0 radical (unpaired) electrons. The predicted molar refractivity (Wildman–Crippen MR) is 70.1 cm³/mol. The van der Waals surface area contributed by atoms with Crippen molar-refractivity contribution in [3.63, 3.8) is 0 Å². The molecule has 0 saturated carbocycles. The normalized spacial score (nSPS) is 17.8. The van der Waals surface area contributed by atoms with Crippen molar-refractivity contribution in [3.05, 3.63) is 0 Å². The highest BCUT2D eigenvalue weighted by atomic mass is 16.5. The second-order valence-electron chi connectivity index (χ2n) is 4.66. The number of carboxylic acid groups (broad SMARTS) is 1. The van der Waals surface area contributed by atoms with Crippen LogP contribution in [0.15, 0.2) is 0 Å². The van der Waals surface area contributed by atoms with Crippen molar-refractivity contribution in [2.75, 3.05) is 46.4 Å². The maximum atomic E-state index is 11.7. The molecule has 7 heteroatoms. The molecule has 0 aliphatic carbocycles. The summed E-state index contributed by atoms with van der Waals surface area (Å²) >= 11 is 0. The number of carbonyl (C=O) groups excluding carboxylic acids is 1. The van der Waals surface area contributed by atoms with Gasteiger partial charge in [0, 0.05) is 26.7 Å². The molecule has 19 heavy (non-hydrogen) atoms. The van der Waals surface area contributed by atoms with E-state index in [1.165, 1.54) is 18.9 Å². The van der Waals surface area contributed by atoms with Crippen LogP contribution in [-0.2, 0) is 9.53 Å². The van der Waals surface area contributed by atoms with Crippen LogP contribution in [0, 0.1) is 0 Å². The maximum absolute atomic E-state index is 11.7. The largest absolute Gasteiger partial charge is 0.480 e. The van der Waals surface area contributed by atoms with Crippen molar-refractivity contribution in [1.29, 1.82) is 0 Å². The topological polar surface area (TPSA) is 82.1 Å². The van der Waals surface area contributed by atoms with Crippen LogP contribution < -0.4 is 5.32 Å². The zero-order valence-corrected chi connectivity index (χ0v) is 11.6. The van der Waals surface area contributed by atoms with E-state index in [0.29, 0.717) is 6.54 Å². The number of amides is 2. The Morgan fingerprint density at radius 2 is 2.05 bits per heavy atom. The van der Waals surface area contributed by atoms with Crippen molar-refractivity contribution in [2.45, 2.75) is 19.4 Å². The first-order chi connectivity index (χ1) is 9.02. The van der Waals surface area contributed by atoms with Gasteiger partial charge >= 0.3 is 12.0 Å². The van der Waals surface area contributed by atoms with Crippen LogP contribution in [-0.4, -0.2) is 79.4 Å². The van der Waals surface area contributed by atoms with Crippen LogP contribution in [0.2, 0.25) is 0 Å². The number of aliphatic carboxylic acids is 1. The van der Waals surface area contributed by atoms with Gasteiger partial charge in [0.05, 0.1) is 13.2 Å². The number of hydrogen-bond donors (Lipinski definition) is 2. The van der Waals surface area contributed by atoms with E-state index < -0.39 is 12.0 Å². The average molecular weight is 273 g/mol. The first-order valence-corrected chi connectivity index (χ1v) is 6.56. The molecule has 1 rings (SSSR count). The standard InChI is InChI=1S/C12H23N3O4/c1-10(11(16)17)14(2)12(18)13-4-3-5-15-6-8-19-9-7-15/h10H,3-9H2,1-2H3,(H,13,18)(H,16,17). The highest BCUT2D eigenvalue weighted by molar-refractivity contribution is 5.82. The number of nitrogens with zero attached hydrogens (tertiary/aromatic N) is 2. The minimum absolute atomic E-state index is 0.350. The van der Waals surface area contributed by atoms with Gasteiger partial charge in [-0.3, -0.25) is 4.90 Å². The molecule has 0 bridgehead atoms. The fraction of sp³-hybridized carbons (Fsp3) is 0.833. The van der Waals surface area contributed by atoms with E-state index >= 15 is 0 Å². The van der Waals surface area contributed by atoms with Crippen molar-refractivity contribution in [2.24, 2.45) is 0 Å². The fourth-order valence-electron chi connectivity index (χ4n) is 1.79. The van der Waals surface area contributed by atoms with E-state index in [-0.39, 0.29) is 6.03 Å². The molecule has 1 saturated heterocycles. The molecule has 1 heterocycles. The summed E-state index contributed by atoms with van der Waals surface area (Å²) in [5.41, 5.74) is 0. The third kappa shape index (κ3) is 5.44.